The average Bonchev–Trinajstić information content (AvgIpc) is 2.52. The standard InChI is InChI=1S/C15H29FN2O.C2H6/c1-2-3-7-17-8-4-13(5-9-17)11-18-10-6-15(19)14(16)12-18;1-2/h13-15,19H,2-12H2,1H3;1-2H3. The number of halogens is 1. The molecular formula is C17H35FN2O. The van der Waals surface area contributed by atoms with Crippen molar-refractivity contribution >= 4 is 0 Å². The second kappa shape index (κ2) is 10.5. The van der Waals surface area contributed by atoms with E-state index in [1.54, 1.807) is 0 Å². The number of piperidine rings is 2. The lowest BCUT2D eigenvalue weighted by Gasteiger charge is -2.37. The summed E-state index contributed by atoms with van der Waals surface area (Å²) < 4.78 is 13.5. The quantitative estimate of drug-likeness (QED) is 0.846. The van der Waals surface area contributed by atoms with E-state index in [1.807, 2.05) is 13.8 Å². The van der Waals surface area contributed by atoms with Crippen molar-refractivity contribution in [1.29, 1.82) is 0 Å². The number of hydrogen-bond donors (Lipinski definition) is 1. The minimum Gasteiger partial charge on any atom is -0.390 e. The van der Waals surface area contributed by atoms with Crippen LogP contribution in [0.4, 0.5) is 4.39 Å². The third kappa shape index (κ3) is 6.62. The molecule has 126 valence electrons. The van der Waals surface area contributed by atoms with Crippen molar-refractivity contribution < 1.29 is 9.50 Å². The van der Waals surface area contributed by atoms with E-state index in [1.165, 1.54) is 45.3 Å². The molecule has 0 aromatic carbocycles. The van der Waals surface area contributed by atoms with Crippen LogP contribution in [-0.2, 0) is 0 Å². The Morgan fingerprint density at radius 3 is 2.24 bits per heavy atom. The molecule has 0 aromatic rings. The highest BCUT2D eigenvalue weighted by atomic mass is 19.1. The van der Waals surface area contributed by atoms with Crippen LogP contribution in [0, 0.1) is 5.92 Å². The summed E-state index contributed by atoms with van der Waals surface area (Å²) in [5.74, 6) is 0.723. The Morgan fingerprint density at radius 2 is 1.67 bits per heavy atom. The molecule has 2 atom stereocenters. The molecule has 2 fully saturated rings. The zero-order valence-corrected chi connectivity index (χ0v) is 14.2. The first-order chi connectivity index (χ1) is 10.2. The highest BCUT2D eigenvalue weighted by molar-refractivity contribution is 4.82. The summed E-state index contributed by atoms with van der Waals surface area (Å²) in [5, 5.41) is 9.41. The van der Waals surface area contributed by atoms with Crippen LogP contribution in [0.3, 0.4) is 0 Å². The number of likely N-dealkylation sites (tertiary alicyclic amines) is 2. The van der Waals surface area contributed by atoms with E-state index in [9.17, 15) is 9.50 Å². The van der Waals surface area contributed by atoms with Crippen molar-refractivity contribution in [3.8, 4) is 0 Å². The number of aliphatic hydroxyl groups is 1. The van der Waals surface area contributed by atoms with E-state index < -0.39 is 12.3 Å². The molecule has 2 aliphatic rings. The monoisotopic (exact) mass is 302 g/mol. The molecule has 0 amide bonds. The summed E-state index contributed by atoms with van der Waals surface area (Å²) in [7, 11) is 0. The first-order valence-corrected chi connectivity index (χ1v) is 8.96. The van der Waals surface area contributed by atoms with E-state index in [-0.39, 0.29) is 0 Å². The van der Waals surface area contributed by atoms with Crippen LogP contribution in [0.2, 0.25) is 0 Å². The molecule has 2 heterocycles. The van der Waals surface area contributed by atoms with Crippen molar-refractivity contribution in [3.05, 3.63) is 0 Å². The van der Waals surface area contributed by atoms with E-state index in [0.29, 0.717) is 13.0 Å². The predicted molar refractivity (Wildman–Crippen MR) is 87.4 cm³/mol. The maximum atomic E-state index is 13.5. The number of hydrogen-bond acceptors (Lipinski definition) is 3. The predicted octanol–water partition coefficient (Wildman–Crippen LogP) is 2.93. The summed E-state index contributed by atoms with van der Waals surface area (Å²) in [6.45, 7) is 12.2. The van der Waals surface area contributed by atoms with Crippen LogP contribution in [0.25, 0.3) is 0 Å². The molecule has 1 N–H and O–H groups in total. The van der Waals surface area contributed by atoms with Crippen LogP contribution in [-0.4, -0.2) is 66.5 Å². The molecular weight excluding hydrogens is 267 g/mol. The van der Waals surface area contributed by atoms with Gasteiger partial charge in [-0.15, -0.1) is 0 Å². The summed E-state index contributed by atoms with van der Waals surface area (Å²) in [4.78, 5) is 4.78. The van der Waals surface area contributed by atoms with Gasteiger partial charge in [0, 0.05) is 19.6 Å². The Kier molecular flexibility index (Phi) is 9.45. The minimum atomic E-state index is -1.04. The summed E-state index contributed by atoms with van der Waals surface area (Å²) in [6, 6.07) is 0. The molecule has 3 nitrogen and oxygen atoms in total. The number of nitrogens with zero attached hydrogens (tertiary/aromatic N) is 2. The van der Waals surface area contributed by atoms with E-state index in [2.05, 4.69) is 16.7 Å². The van der Waals surface area contributed by atoms with Crippen LogP contribution in [0.5, 0.6) is 0 Å². The van der Waals surface area contributed by atoms with Crippen molar-refractivity contribution in [3.63, 3.8) is 0 Å². The highest BCUT2D eigenvalue weighted by Crippen LogP contribution is 2.21. The van der Waals surface area contributed by atoms with Gasteiger partial charge in [-0.05, 0) is 51.2 Å². The third-order valence-corrected chi connectivity index (χ3v) is 4.64. The van der Waals surface area contributed by atoms with Gasteiger partial charge in [-0.25, -0.2) is 4.39 Å². The van der Waals surface area contributed by atoms with Crippen molar-refractivity contribution in [2.24, 2.45) is 5.92 Å². The van der Waals surface area contributed by atoms with Crippen LogP contribution in [0.15, 0.2) is 0 Å². The second-order valence-electron chi connectivity index (χ2n) is 6.27. The molecule has 2 saturated heterocycles. The van der Waals surface area contributed by atoms with Gasteiger partial charge in [-0.3, -0.25) is 4.90 Å². The smallest absolute Gasteiger partial charge is 0.138 e. The molecule has 0 saturated carbocycles. The Labute approximate surface area is 130 Å². The number of unbranched alkanes of at least 4 members (excludes halogenated alkanes) is 1. The lowest BCUT2D eigenvalue weighted by Crippen LogP contribution is -2.47. The van der Waals surface area contributed by atoms with Gasteiger partial charge in [0.25, 0.3) is 0 Å². The largest absolute Gasteiger partial charge is 0.390 e. The maximum Gasteiger partial charge on any atom is 0.138 e. The molecule has 0 aromatic heterocycles. The SMILES string of the molecule is CC.CCCCN1CCC(CN2CCC(O)C(F)C2)CC1. The fraction of sp³-hybridized carbons (Fsp3) is 1.00. The molecule has 0 bridgehead atoms. The van der Waals surface area contributed by atoms with Crippen LogP contribution in [0.1, 0.15) is 52.9 Å². The molecule has 2 unspecified atom stereocenters. The molecule has 21 heavy (non-hydrogen) atoms. The number of aliphatic hydroxyl groups excluding tert-OH is 1. The third-order valence-electron chi connectivity index (χ3n) is 4.64. The van der Waals surface area contributed by atoms with Gasteiger partial charge in [0.2, 0.25) is 0 Å². The van der Waals surface area contributed by atoms with Gasteiger partial charge in [0.15, 0.2) is 0 Å². The molecule has 0 radical (unpaired) electrons. The van der Waals surface area contributed by atoms with Gasteiger partial charge >= 0.3 is 0 Å². The van der Waals surface area contributed by atoms with Gasteiger partial charge in [-0.2, -0.15) is 0 Å². The lowest BCUT2D eigenvalue weighted by atomic mass is 9.94. The number of alkyl halides is 1. The minimum absolute atomic E-state index is 0.428. The molecule has 0 aliphatic carbocycles. The Balaban J connectivity index is 0.00000106. The van der Waals surface area contributed by atoms with Gasteiger partial charge in [-0.1, -0.05) is 27.2 Å². The molecule has 2 aliphatic heterocycles. The summed E-state index contributed by atoms with van der Waals surface area (Å²) >= 11 is 0. The van der Waals surface area contributed by atoms with Gasteiger partial charge in [0.1, 0.15) is 6.17 Å². The van der Waals surface area contributed by atoms with E-state index >= 15 is 0 Å². The Bertz CT molecular complexity index is 257. The Hall–Kier alpha value is -0.190. The molecule has 2 rings (SSSR count). The van der Waals surface area contributed by atoms with Crippen molar-refractivity contribution in [2.45, 2.75) is 65.2 Å². The van der Waals surface area contributed by atoms with Crippen LogP contribution >= 0.6 is 0 Å². The maximum absolute atomic E-state index is 13.5. The highest BCUT2D eigenvalue weighted by Gasteiger charge is 2.29. The van der Waals surface area contributed by atoms with E-state index in [0.717, 1.165) is 19.0 Å². The van der Waals surface area contributed by atoms with Crippen LogP contribution < -0.4 is 0 Å². The first-order valence-electron chi connectivity index (χ1n) is 8.96. The Morgan fingerprint density at radius 1 is 1.05 bits per heavy atom. The number of rotatable bonds is 5. The fourth-order valence-corrected chi connectivity index (χ4v) is 3.26. The normalized spacial score (nSPS) is 29.0. The average molecular weight is 302 g/mol. The zero-order valence-electron chi connectivity index (χ0n) is 14.2. The zero-order chi connectivity index (χ0) is 15.7. The van der Waals surface area contributed by atoms with Gasteiger partial charge < -0.3 is 10.0 Å². The second-order valence-corrected chi connectivity index (χ2v) is 6.27. The van der Waals surface area contributed by atoms with Crippen molar-refractivity contribution in [1.82, 2.24) is 9.80 Å². The summed E-state index contributed by atoms with van der Waals surface area (Å²) in [6.07, 6.45) is 3.90. The lowest BCUT2D eigenvalue weighted by molar-refractivity contribution is -0.00152. The molecule has 0 spiro atoms. The van der Waals surface area contributed by atoms with E-state index in [4.69, 9.17) is 0 Å². The summed E-state index contributed by atoms with van der Waals surface area (Å²) in [5.41, 5.74) is 0. The molecule has 4 heteroatoms. The van der Waals surface area contributed by atoms with Gasteiger partial charge in [0.05, 0.1) is 6.10 Å². The first kappa shape index (κ1) is 18.9. The fourth-order valence-electron chi connectivity index (χ4n) is 3.26. The van der Waals surface area contributed by atoms with Crippen molar-refractivity contribution in [2.75, 3.05) is 39.3 Å². The topological polar surface area (TPSA) is 26.7 Å².